The van der Waals surface area contributed by atoms with Crippen LogP contribution in [0.25, 0.3) is 0 Å². The van der Waals surface area contributed by atoms with Crippen molar-refractivity contribution in [3.63, 3.8) is 0 Å². The Balaban J connectivity index is 2.19. The molecule has 0 radical (unpaired) electrons. The largest absolute Gasteiger partial charge is 0.396 e. The Labute approximate surface area is 121 Å². The fourth-order valence-electron chi connectivity index (χ4n) is 2.73. The average molecular weight is 295 g/mol. The molecule has 0 bridgehead atoms. The molecule has 114 valence electrons. The number of non-ortho nitro benzene ring substituents is 1. The number of anilines is 1. The van der Waals surface area contributed by atoms with Crippen LogP contribution in [0.15, 0.2) is 18.2 Å². The molecule has 1 fully saturated rings. The summed E-state index contributed by atoms with van der Waals surface area (Å²) in [6.45, 7) is 0.447. The van der Waals surface area contributed by atoms with Gasteiger partial charge in [0.1, 0.15) is 5.69 Å². The molecule has 1 aromatic rings. The van der Waals surface area contributed by atoms with Crippen molar-refractivity contribution < 1.29 is 15.0 Å². The maximum atomic E-state index is 11.0. The van der Waals surface area contributed by atoms with Gasteiger partial charge in [-0.1, -0.05) is 12.8 Å². The molecule has 8 nitrogen and oxygen atoms in total. The Kier molecular flexibility index (Phi) is 4.37. The van der Waals surface area contributed by atoms with Crippen LogP contribution in [0, 0.1) is 25.6 Å². The molecule has 0 aliphatic heterocycles. The number of hydrogen-bond acceptors (Lipinski definition) is 6. The summed E-state index contributed by atoms with van der Waals surface area (Å²) in [4.78, 5) is 20.4. The van der Waals surface area contributed by atoms with E-state index in [1.807, 2.05) is 0 Å². The van der Waals surface area contributed by atoms with Crippen LogP contribution in [-0.4, -0.2) is 28.1 Å². The highest BCUT2D eigenvalue weighted by molar-refractivity contribution is 5.65. The summed E-state index contributed by atoms with van der Waals surface area (Å²) in [6, 6.07) is 3.52. The topological polar surface area (TPSA) is 119 Å². The van der Waals surface area contributed by atoms with E-state index in [9.17, 15) is 25.3 Å². The first-order valence-corrected chi connectivity index (χ1v) is 6.75. The molecule has 0 amide bonds. The smallest absolute Gasteiger partial charge is 0.299 e. The minimum atomic E-state index is -0.664. The van der Waals surface area contributed by atoms with Gasteiger partial charge in [0, 0.05) is 18.0 Å². The minimum absolute atomic E-state index is 0.0286. The third kappa shape index (κ3) is 3.27. The maximum absolute atomic E-state index is 11.0. The molecule has 0 atom stereocenters. The molecule has 21 heavy (non-hydrogen) atoms. The van der Waals surface area contributed by atoms with Crippen LogP contribution < -0.4 is 5.32 Å². The molecule has 8 heteroatoms. The van der Waals surface area contributed by atoms with Gasteiger partial charge in [-0.25, -0.2) is 0 Å². The van der Waals surface area contributed by atoms with E-state index in [-0.39, 0.29) is 29.1 Å². The van der Waals surface area contributed by atoms with E-state index in [1.165, 1.54) is 12.1 Å². The van der Waals surface area contributed by atoms with Crippen LogP contribution in [0.4, 0.5) is 17.1 Å². The van der Waals surface area contributed by atoms with Crippen molar-refractivity contribution in [2.24, 2.45) is 5.41 Å². The summed E-state index contributed by atoms with van der Waals surface area (Å²) in [5.41, 5.74) is -0.652. The molecule has 0 unspecified atom stereocenters. The Hall–Kier alpha value is -2.22. The third-order valence-corrected chi connectivity index (χ3v) is 4.04. The Morgan fingerprint density at radius 3 is 2.38 bits per heavy atom. The summed E-state index contributed by atoms with van der Waals surface area (Å²) < 4.78 is 0. The molecular weight excluding hydrogens is 278 g/mol. The van der Waals surface area contributed by atoms with Gasteiger partial charge in [-0.2, -0.15) is 0 Å². The quantitative estimate of drug-likeness (QED) is 0.614. The van der Waals surface area contributed by atoms with Crippen LogP contribution in [0.3, 0.4) is 0 Å². The second-order valence-electron chi connectivity index (χ2n) is 5.43. The number of aliphatic hydroxyl groups is 1. The van der Waals surface area contributed by atoms with E-state index < -0.39 is 9.85 Å². The maximum Gasteiger partial charge on any atom is 0.299 e. The van der Waals surface area contributed by atoms with Gasteiger partial charge in [-0.05, 0) is 18.9 Å². The highest BCUT2D eigenvalue weighted by atomic mass is 16.6. The fraction of sp³-hybridized carbons (Fsp3) is 0.538. The molecule has 0 aromatic heterocycles. The Morgan fingerprint density at radius 1 is 1.19 bits per heavy atom. The normalized spacial score (nSPS) is 16.6. The fourth-order valence-corrected chi connectivity index (χ4v) is 2.73. The lowest BCUT2D eigenvalue weighted by molar-refractivity contribution is -0.393. The lowest BCUT2D eigenvalue weighted by Crippen LogP contribution is -2.30. The number of nitrogens with one attached hydrogen (secondary N) is 1. The zero-order valence-electron chi connectivity index (χ0n) is 11.4. The summed E-state index contributed by atoms with van der Waals surface area (Å²) >= 11 is 0. The number of nitro benzene ring substituents is 2. The molecular formula is C13H17N3O5. The van der Waals surface area contributed by atoms with E-state index in [0.29, 0.717) is 6.54 Å². The van der Waals surface area contributed by atoms with Crippen LogP contribution in [-0.2, 0) is 0 Å². The van der Waals surface area contributed by atoms with Crippen molar-refractivity contribution in [1.29, 1.82) is 0 Å². The number of nitrogens with zero attached hydrogens (tertiary/aromatic N) is 2. The van der Waals surface area contributed by atoms with Crippen LogP contribution in [0.5, 0.6) is 0 Å². The first-order chi connectivity index (χ1) is 9.97. The highest BCUT2D eigenvalue weighted by Crippen LogP contribution is 2.38. The van der Waals surface area contributed by atoms with Gasteiger partial charge < -0.3 is 10.4 Å². The minimum Gasteiger partial charge on any atom is -0.396 e. The third-order valence-electron chi connectivity index (χ3n) is 4.04. The van der Waals surface area contributed by atoms with E-state index in [1.54, 1.807) is 0 Å². The highest BCUT2D eigenvalue weighted by Gasteiger charge is 2.33. The summed E-state index contributed by atoms with van der Waals surface area (Å²) in [6.07, 6.45) is 3.81. The number of aliphatic hydroxyl groups excluding tert-OH is 1. The molecule has 2 N–H and O–H groups in total. The summed E-state index contributed by atoms with van der Waals surface area (Å²) in [5, 5.41) is 34.2. The summed E-state index contributed by atoms with van der Waals surface area (Å²) in [7, 11) is 0. The number of benzene rings is 1. The van der Waals surface area contributed by atoms with E-state index in [0.717, 1.165) is 31.7 Å². The van der Waals surface area contributed by atoms with Crippen molar-refractivity contribution in [3.05, 3.63) is 38.4 Å². The van der Waals surface area contributed by atoms with E-state index in [2.05, 4.69) is 5.32 Å². The predicted octanol–water partition coefficient (Wildman–Crippen LogP) is 2.47. The first kappa shape index (κ1) is 15.2. The Bertz CT molecular complexity index is 555. The molecule has 0 saturated heterocycles. The molecule has 1 saturated carbocycles. The van der Waals surface area contributed by atoms with Crippen molar-refractivity contribution in [2.45, 2.75) is 25.7 Å². The summed E-state index contributed by atoms with van der Waals surface area (Å²) in [5.74, 6) is 0. The lowest BCUT2D eigenvalue weighted by Gasteiger charge is -2.27. The zero-order valence-corrected chi connectivity index (χ0v) is 11.4. The standard InChI is InChI=1S/C13H17N3O5/c17-9-13(5-1-2-6-13)8-14-11-4-3-10(15(18)19)7-12(11)16(20)21/h3-4,7,14,17H,1-2,5-6,8-9H2. The number of hydrogen-bond donors (Lipinski definition) is 2. The molecule has 1 aliphatic rings. The van der Waals surface area contributed by atoms with Crippen LogP contribution in [0.2, 0.25) is 0 Å². The van der Waals surface area contributed by atoms with Crippen molar-refractivity contribution >= 4 is 17.1 Å². The van der Waals surface area contributed by atoms with Crippen LogP contribution >= 0.6 is 0 Å². The average Bonchev–Trinajstić information content (AvgIpc) is 2.94. The van der Waals surface area contributed by atoms with Crippen LogP contribution in [0.1, 0.15) is 25.7 Å². The van der Waals surface area contributed by atoms with Gasteiger partial charge in [-0.3, -0.25) is 20.2 Å². The number of rotatable bonds is 6. The van der Waals surface area contributed by atoms with Crippen molar-refractivity contribution in [1.82, 2.24) is 0 Å². The molecule has 2 rings (SSSR count). The monoisotopic (exact) mass is 295 g/mol. The van der Waals surface area contributed by atoms with Crippen molar-refractivity contribution in [3.8, 4) is 0 Å². The van der Waals surface area contributed by atoms with Gasteiger partial charge in [0.15, 0.2) is 0 Å². The van der Waals surface area contributed by atoms with E-state index in [4.69, 9.17) is 0 Å². The predicted molar refractivity (Wildman–Crippen MR) is 76.2 cm³/mol. The van der Waals surface area contributed by atoms with Gasteiger partial charge in [0.2, 0.25) is 0 Å². The number of nitro groups is 2. The van der Waals surface area contributed by atoms with E-state index >= 15 is 0 Å². The molecule has 0 heterocycles. The van der Waals surface area contributed by atoms with Gasteiger partial charge in [0.25, 0.3) is 11.4 Å². The molecule has 1 aliphatic carbocycles. The van der Waals surface area contributed by atoms with Crippen molar-refractivity contribution in [2.75, 3.05) is 18.5 Å². The molecule has 0 spiro atoms. The Morgan fingerprint density at radius 2 is 1.86 bits per heavy atom. The second-order valence-corrected chi connectivity index (χ2v) is 5.43. The lowest BCUT2D eigenvalue weighted by atomic mass is 9.87. The second kappa shape index (κ2) is 6.04. The first-order valence-electron chi connectivity index (χ1n) is 6.75. The van der Waals surface area contributed by atoms with Gasteiger partial charge in [-0.15, -0.1) is 0 Å². The van der Waals surface area contributed by atoms with Gasteiger partial charge >= 0.3 is 0 Å². The zero-order chi connectivity index (χ0) is 15.5. The molecule has 1 aromatic carbocycles. The van der Waals surface area contributed by atoms with Gasteiger partial charge in [0.05, 0.1) is 22.5 Å². The SMILES string of the molecule is O=[N+]([O-])c1ccc(NCC2(CO)CCCC2)c([N+](=O)[O-])c1.